The van der Waals surface area contributed by atoms with Crippen LogP contribution in [0.3, 0.4) is 0 Å². The van der Waals surface area contributed by atoms with Crippen LogP contribution >= 0.6 is 0 Å². The summed E-state index contributed by atoms with van der Waals surface area (Å²) >= 11 is 0. The van der Waals surface area contributed by atoms with Gasteiger partial charge >= 0.3 is 0 Å². The zero-order chi connectivity index (χ0) is 10.5. The van der Waals surface area contributed by atoms with Crippen molar-refractivity contribution < 1.29 is 4.74 Å². The topological polar surface area (TPSA) is 9.23 Å². The predicted octanol–water partition coefficient (Wildman–Crippen LogP) is 4.02. The van der Waals surface area contributed by atoms with Crippen molar-refractivity contribution >= 4 is 0 Å². The smallest absolute Gasteiger partial charge is 0.0623 e. The Morgan fingerprint density at radius 1 is 0.923 bits per heavy atom. The molecule has 1 nitrogen and oxygen atoms in total. The van der Waals surface area contributed by atoms with Crippen molar-refractivity contribution in [2.75, 3.05) is 6.61 Å². The molecule has 1 heteroatoms. The van der Waals surface area contributed by atoms with Crippen LogP contribution < -0.4 is 0 Å². The van der Waals surface area contributed by atoms with E-state index in [0.717, 1.165) is 19.4 Å². The predicted molar refractivity (Wildman–Crippen MR) is 59.0 cm³/mol. The highest BCUT2D eigenvalue weighted by Crippen LogP contribution is 2.25. The molecule has 0 aliphatic heterocycles. The normalized spacial score (nSPS) is 13.4. The lowest BCUT2D eigenvalue weighted by Gasteiger charge is -2.27. The van der Waals surface area contributed by atoms with Crippen LogP contribution in [0.4, 0.5) is 0 Å². The van der Waals surface area contributed by atoms with Gasteiger partial charge in [-0.3, -0.25) is 0 Å². The quantitative estimate of drug-likeness (QED) is 0.609. The fraction of sp³-hybridized carbons (Fsp3) is 1.00. The molecule has 13 heavy (non-hydrogen) atoms. The number of ether oxygens (including phenoxy) is 1. The molecule has 0 radical (unpaired) electrons. The van der Waals surface area contributed by atoms with Gasteiger partial charge in [-0.05, 0) is 32.1 Å². The van der Waals surface area contributed by atoms with Gasteiger partial charge in [0.1, 0.15) is 0 Å². The Morgan fingerprint density at radius 3 is 1.85 bits per heavy atom. The average molecular weight is 186 g/mol. The monoisotopic (exact) mass is 186 g/mol. The first-order chi connectivity index (χ1) is 5.83. The Hall–Kier alpha value is -0.0400. The molecule has 80 valence electrons. The van der Waals surface area contributed by atoms with E-state index in [2.05, 4.69) is 41.5 Å². The van der Waals surface area contributed by atoms with Crippen LogP contribution in [0.15, 0.2) is 0 Å². The van der Waals surface area contributed by atoms with E-state index in [1.54, 1.807) is 0 Å². The molecule has 0 amide bonds. The van der Waals surface area contributed by atoms with Gasteiger partial charge in [0.15, 0.2) is 0 Å². The summed E-state index contributed by atoms with van der Waals surface area (Å²) in [6.07, 6.45) is 3.47. The summed E-state index contributed by atoms with van der Waals surface area (Å²) in [6, 6.07) is 0. The van der Waals surface area contributed by atoms with Gasteiger partial charge in [0, 0.05) is 6.61 Å². The largest absolute Gasteiger partial charge is 0.376 e. The Labute approximate surface area is 83.9 Å². The minimum absolute atomic E-state index is 0.0593. The zero-order valence-corrected chi connectivity index (χ0v) is 10.2. The minimum Gasteiger partial charge on any atom is -0.376 e. The van der Waals surface area contributed by atoms with Gasteiger partial charge in [-0.15, -0.1) is 0 Å². The highest BCUT2D eigenvalue weighted by Gasteiger charge is 2.19. The molecule has 0 aromatic rings. The van der Waals surface area contributed by atoms with Crippen LogP contribution in [0, 0.1) is 5.41 Å². The van der Waals surface area contributed by atoms with Crippen LogP contribution in [-0.4, -0.2) is 12.2 Å². The van der Waals surface area contributed by atoms with Crippen LogP contribution in [0.2, 0.25) is 0 Å². The van der Waals surface area contributed by atoms with Gasteiger partial charge in [0.05, 0.1) is 5.60 Å². The molecule has 0 saturated heterocycles. The Bertz CT molecular complexity index is 120. The molecular weight excluding hydrogens is 160 g/mol. The maximum absolute atomic E-state index is 5.82. The van der Waals surface area contributed by atoms with Crippen molar-refractivity contribution in [1.29, 1.82) is 0 Å². The van der Waals surface area contributed by atoms with Gasteiger partial charge in [0.25, 0.3) is 0 Å². The first kappa shape index (κ1) is 13.0. The second kappa shape index (κ2) is 4.99. The molecule has 0 fully saturated rings. The Balaban J connectivity index is 3.68. The van der Waals surface area contributed by atoms with Gasteiger partial charge < -0.3 is 4.74 Å². The van der Waals surface area contributed by atoms with Gasteiger partial charge in [-0.25, -0.2) is 0 Å². The van der Waals surface area contributed by atoms with E-state index < -0.39 is 0 Å². The summed E-state index contributed by atoms with van der Waals surface area (Å²) in [6.45, 7) is 14.2. The number of rotatable bonds is 6. The van der Waals surface area contributed by atoms with Gasteiger partial charge in [-0.2, -0.15) is 0 Å². The lowest BCUT2D eigenvalue weighted by molar-refractivity contribution is -0.0313. The fourth-order valence-corrected chi connectivity index (χ4v) is 0.882. The second-order valence-electron chi connectivity index (χ2n) is 5.23. The lowest BCUT2D eigenvalue weighted by Crippen LogP contribution is -2.25. The summed E-state index contributed by atoms with van der Waals surface area (Å²) < 4.78 is 5.82. The van der Waals surface area contributed by atoms with Crippen molar-refractivity contribution in [2.24, 2.45) is 5.41 Å². The minimum atomic E-state index is 0.0593. The molecule has 0 aromatic heterocycles. The van der Waals surface area contributed by atoms with Crippen LogP contribution in [0.5, 0.6) is 0 Å². The van der Waals surface area contributed by atoms with Crippen molar-refractivity contribution in [3.05, 3.63) is 0 Å². The summed E-state index contributed by atoms with van der Waals surface area (Å²) in [5.74, 6) is 0. The molecule has 0 rings (SSSR count). The van der Waals surface area contributed by atoms with Crippen LogP contribution in [-0.2, 0) is 4.74 Å². The van der Waals surface area contributed by atoms with Crippen molar-refractivity contribution in [3.63, 3.8) is 0 Å². The van der Waals surface area contributed by atoms with Gasteiger partial charge in [0.2, 0.25) is 0 Å². The molecule has 0 aliphatic carbocycles. The maximum atomic E-state index is 5.82. The van der Waals surface area contributed by atoms with Gasteiger partial charge in [-0.1, -0.05) is 34.1 Å². The van der Waals surface area contributed by atoms with E-state index in [1.165, 1.54) is 6.42 Å². The highest BCUT2D eigenvalue weighted by atomic mass is 16.5. The molecule has 0 unspecified atom stereocenters. The van der Waals surface area contributed by atoms with E-state index in [4.69, 9.17) is 4.74 Å². The van der Waals surface area contributed by atoms with E-state index in [1.807, 2.05) is 0 Å². The summed E-state index contributed by atoms with van der Waals surface area (Å²) in [5, 5.41) is 0. The van der Waals surface area contributed by atoms with E-state index in [0.29, 0.717) is 5.41 Å². The lowest BCUT2D eigenvalue weighted by atomic mass is 9.87. The Kier molecular flexibility index (Phi) is 4.98. The first-order valence-corrected chi connectivity index (χ1v) is 5.47. The van der Waals surface area contributed by atoms with E-state index in [9.17, 15) is 0 Å². The summed E-state index contributed by atoms with van der Waals surface area (Å²) in [4.78, 5) is 0. The molecular formula is C12H26O. The van der Waals surface area contributed by atoms with Crippen molar-refractivity contribution in [2.45, 2.75) is 66.4 Å². The zero-order valence-electron chi connectivity index (χ0n) is 10.2. The molecule has 0 N–H and O–H groups in total. The fourth-order valence-electron chi connectivity index (χ4n) is 0.882. The standard InChI is InChI=1S/C12H26O/c1-7-11(3,4)9-10-13-12(5,6)8-2/h7-10H2,1-6H3. The Morgan fingerprint density at radius 2 is 1.46 bits per heavy atom. The van der Waals surface area contributed by atoms with Crippen molar-refractivity contribution in [3.8, 4) is 0 Å². The molecule has 0 atom stereocenters. The molecule has 0 aromatic carbocycles. The second-order valence-corrected chi connectivity index (χ2v) is 5.23. The maximum Gasteiger partial charge on any atom is 0.0623 e. The van der Waals surface area contributed by atoms with Crippen LogP contribution in [0.1, 0.15) is 60.8 Å². The van der Waals surface area contributed by atoms with Crippen LogP contribution in [0.25, 0.3) is 0 Å². The molecule has 0 heterocycles. The number of hydrogen-bond acceptors (Lipinski definition) is 1. The first-order valence-electron chi connectivity index (χ1n) is 5.47. The average Bonchev–Trinajstić information content (AvgIpc) is 2.04. The molecule has 0 spiro atoms. The van der Waals surface area contributed by atoms with E-state index in [-0.39, 0.29) is 5.60 Å². The SMILES string of the molecule is CCC(C)(C)CCOC(C)(C)CC. The number of hydrogen-bond donors (Lipinski definition) is 0. The van der Waals surface area contributed by atoms with Crippen molar-refractivity contribution in [1.82, 2.24) is 0 Å². The summed E-state index contributed by atoms with van der Waals surface area (Å²) in [5.41, 5.74) is 0.494. The molecule has 0 aliphatic rings. The van der Waals surface area contributed by atoms with E-state index >= 15 is 0 Å². The summed E-state index contributed by atoms with van der Waals surface area (Å²) in [7, 11) is 0. The third-order valence-corrected chi connectivity index (χ3v) is 3.08. The molecule has 0 saturated carbocycles. The third kappa shape index (κ3) is 6.09. The molecule has 0 bridgehead atoms. The third-order valence-electron chi connectivity index (χ3n) is 3.08. The highest BCUT2D eigenvalue weighted by molar-refractivity contribution is 4.69.